The van der Waals surface area contributed by atoms with Crippen molar-refractivity contribution in [1.82, 2.24) is 0 Å². The summed E-state index contributed by atoms with van der Waals surface area (Å²) in [6, 6.07) is 7.31. The quantitative estimate of drug-likeness (QED) is 0.639. The molecule has 1 aliphatic heterocycles. The first-order valence-corrected chi connectivity index (χ1v) is 10.1. The van der Waals surface area contributed by atoms with Crippen LogP contribution in [0.3, 0.4) is 0 Å². The monoisotopic (exact) mass is 444 g/mol. The number of nitrogens with zero attached hydrogens (tertiary/aromatic N) is 2. The van der Waals surface area contributed by atoms with Crippen LogP contribution in [0.1, 0.15) is 43.4 Å². The number of hydrogen-bond acceptors (Lipinski definition) is 6. The summed E-state index contributed by atoms with van der Waals surface area (Å²) in [5, 5.41) is 9.88. The minimum atomic E-state index is -4.91. The Hall–Kier alpha value is -3.41. The van der Waals surface area contributed by atoms with Crippen molar-refractivity contribution in [3.63, 3.8) is 0 Å². The zero-order chi connectivity index (χ0) is 23.2. The predicted octanol–water partition coefficient (Wildman–Crippen LogP) is 4.71. The number of esters is 1. The number of carbonyl (C=O) groups excluding carboxylic acids is 1. The molecule has 2 aliphatic rings. The Kier molecular flexibility index (Phi) is 5.41. The van der Waals surface area contributed by atoms with E-state index in [-0.39, 0.29) is 39.5 Å². The van der Waals surface area contributed by atoms with Crippen molar-refractivity contribution in [1.29, 1.82) is 5.26 Å². The van der Waals surface area contributed by atoms with E-state index in [4.69, 9.17) is 9.15 Å². The lowest BCUT2D eigenvalue weighted by Crippen LogP contribution is -2.39. The molecule has 32 heavy (non-hydrogen) atoms. The fourth-order valence-electron chi connectivity index (χ4n) is 4.13. The number of rotatable bonds is 3. The SMILES string of the molecule is CC1=NC(C(F)(F)F)=C(C#N)[C@@H](c2cccc3c(=O)cc(C)oc23)C1C(=O)OC1CCC1. The number of nitriles is 1. The largest absolute Gasteiger partial charge is 0.462 e. The zero-order valence-corrected chi connectivity index (χ0v) is 17.3. The molecule has 2 heterocycles. The second-order valence-corrected chi connectivity index (χ2v) is 8.02. The highest BCUT2D eigenvalue weighted by Gasteiger charge is 2.48. The fourth-order valence-corrected chi connectivity index (χ4v) is 4.13. The molecule has 166 valence electrons. The minimum absolute atomic E-state index is 0.0351. The van der Waals surface area contributed by atoms with Crippen molar-refractivity contribution in [2.45, 2.75) is 51.3 Å². The van der Waals surface area contributed by atoms with Crippen LogP contribution in [0.25, 0.3) is 11.0 Å². The first-order valence-electron chi connectivity index (χ1n) is 10.1. The summed E-state index contributed by atoms with van der Waals surface area (Å²) < 4.78 is 52.5. The van der Waals surface area contributed by atoms with Gasteiger partial charge in [-0.1, -0.05) is 12.1 Å². The van der Waals surface area contributed by atoms with Gasteiger partial charge in [-0.3, -0.25) is 14.6 Å². The number of para-hydroxylation sites is 1. The van der Waals surface area contributed by atoms with Crippen LogP contribution in [-0.4, -0.2) is 24.0 Å². The predicted molar refractivity (Wildman–Crippen MR) is 109 cm³/mol. The average Bonchev–Trinajstić information content (AvgIpc) is 2.68. The van der Waals surface area contributed by atoms with Crippen LogP contribution >= 0.6 is 0 Å². The molecular weight excluding hydrogens is 425 g/mol. The van der Waals surface area contributed by atoms with Crippen LogP contribution in [0.5, 0.6) is 0 Å². The van der Waals surface area contributed by atoms with E-state index in [9.17, 15) is 28.0 Å². The van der Waals surface area contributed by atoms with E-state index >= 15 is 0 Å². The van der Waals surface area contributed by atoms with Crippen molar-refractivity contribution in [3.8, 4) is 6.07 Å². The number of halogens is 3. The number of allylic oxidation sites excluding steroid dienone is 2. The van der Waals surface area contributed by atoms with Gasteiger partial charge in [0, 0.05) is 23.3 Å². The van der Waals surface area contributed by atoms with Gasteiger partial charge in [0.2, 0.25) is 0 Å². The Morgan fingerprint density at radius 2 is 2.00 bits per heavy atom. The average molecular weight is 444 g/mol. The molecule has 1 aromatic carbocycles. The Labute approximate surface area is 181 Å². The first-order chi connectivity index (χ1) is 15.1. The standard InChI is InChI=1S/C23H19F3N2O4/c1-11-9-17(29)14-7-4-8-15(20(14)31-11)19-16(10-27)21(23(24,25)26)28-12(2)18(19)22(30)32-13-5-3-6-13/h4,7-9,13,18-19H,3,5-6H2,1-2H3/t18?,19-/m1/s1. The summed E-state index contributed by atoms with van der Waals surface area (Å²) in [5.41, 5.74) is -2.39. The number of alkyl halides is 3. The second-order valence-electron chi connectivity index (χ2n) is 8.02. The Morgan fingerprint density at radius 1 is 1.28 bits per heavy atom. The number of carbonyl (C=O) groups is 1. The van der Waals surface area contributed by atoms with E-state index in [1.165, 1.54) is 38.1 Å². The number of hydrogen-bond donors (Lipinski definition) is 0. The summed E-state index contributed by atoms with van der Waals surface area (Å²) in [6.07, 6.45) is -2.96. The second kappa shape index (κ2) is 7.93. The van der Waals surface area contributed by atoms with Gasteiger partial charge in [-0.2, -0.15) is 18.4 Å². The zero-order valence-electron chi connectivity index (χ0n) is 17.3. The summed E-state index contributed by atoms with van der Waals surface area (Å²) >= 11 is 0. The van der Waals surface area contributed by atoms with E-state index in [2.05, 4.69) is 4.99 Å². The van der Waals surface area contributed by atoms with Crippen LogP contribution < -0.4 is 5.43 Å². The third kappa shape index (κ3) is 3.70. The molecule has 2 aromatic rings. The molecule has 0 saturated heterocycles. The molecule has 6 nitrogen and oxygen atoms in total. The molecule has 2 atom stereocenters. The topological polar surface area (TPSA) is 92.7 Å². The number of ether oxygens (including phenoxy) is 1. The Bertz CT molecular complexity index is 1260. The number of benzene rings is 1. The molecule has 0 N–H and O–H groups in total. The van der Waals surface area contributed by atoms with Gasteiger partial charge in [0.05, 0.1) is 17.0 Å². The van der Waals surface area contributed by atoms with E-state index in [1.54, 1.807) is 6.07 Å². The third-order valence-corrected chi connectivity index (χ3v) is 5.86. The molecular formula is C23H19F3N2O4. The van der Waals surface area contributed by atoms with Crippen molar-refractivity contribution < 1.29 is 27.1 Å². The smallest absolute Gasteiger partial charge is 0.434 e. The molecule has 1 aromatic heterocycles. The molecule has 0 radical (unpaired) electrons. The maximum absolute atomic E-state index is 13.8. The molecule has 0 spiro atoms. The van der Waals surface area contributed by atoms with Crippen molar-refractivity contribution in [3.05, 3.63) is 57.1 Å². The summed E-state index contributed by atoms with van der Waals surface area (Å²) in [6.45, 7) is 2.85. The van der Waals surface area contributed by atoms with Gasteiger partial charge in [0.25, 0.3) is 0 Å². The highest BCUT2D eigenvalue weighted by atomic mass is 19.4. The lowest BCUT2D eigenvalue weighted by molar-refractivity contribution is -0.156. The normalized spacial score (nSPS) is 21.7. The van der Waals surface area contributed by atoms with Gasteiger partial charge in [-0.05, 0) is 39.2 Å². The molecule has 1 aliphatic carbocycles. The molecule has 1 saturated carbocycles. The van der Waals surface area contributed by atoms with E-state index < -0.39 is 35.3 Å². The lowest BCUT2D eigenvalue weighted by atomic mass is 9.75. The van der Waals surface area contributed by atoms with Crippen molar-refractivity contribution in [2.75, 3.05) is 0 Å². The molecule has 4 rings (SSSR count). The van der Waals surface area contributed by atoms with Crippen LogP contribution in [0, 0.1) is 24.2 Å². The molecule has 1 fully saturated rings. The third-order valence-electron chi connectivity index (χ3n) is 5.86. The van der Waals surface area contributed by atoms with Gasteiger partial charge in [0.1, 0.15) is 23.4 Å². The maximum Gasteiger partial charge on any atom is 0.434 e. The summed E-state index contributed by atoms with van der Waals surface area (Å²) in [7, 11) is 0. The first kappa shape index (κ1) is 21.8. The van der Waals surface area contributed by atoms with Crippen LogP contribution in [0.4, 0.5) is 13.2 Å². The van der Waals surface area contributed by atoms with Crippen molar-refractivity contribution >= 4 is 22.7 Å². The van der Waals surface area contributed by atoms with Crippen LogP contribution in [0.15, 0.2) is 49.7 Å². The van der Waals surface area contributed by atoms with E-state index in [0.29, 0.717) is 12.8 Å². The highest BCUT2D eigenvalue weighted by molar-refractivity contribution is 6.04. The van der Waals surface area contributed by atoms with Crippen molar-refractivity contribution in [2.24, 2.45) is 10.9 Å². The maximum atomic E-state index is 13.8. The van der Waals surface area contributed by atoms with Gasteiger partial charge in [-0.25, -0.2) is 0 Å². The minimum Gasteiger partial charge on any atom is -0.462 e. The molecule has 0 amide bonds. The number of fused-ring (bicyclic) bond motifs is 1. The lowest BCUT2D eigenvalue weighted by Gasteiger charge is -2.33. The molecule has 1 unspecified atom stereocenters. The Balaban J connectivity index is 1.97. The van der Waals surface area contributed by atoms with Gasteiger partial charge >= 0.3 is 12.1 Å². The van der Waals surface area contributed by atoms with Crippen LogP contribution in [-0.2, 0) is 9.53 Å². The highest BCUT2D eigenvalue weighted by Crippen LogP contribution is 2.45. The van der Waals surface area contributed by atoms with Gasteiger partial charge < -0.3 is 9.15 Å². The summed E-state index contributed by atoms with van der Waals surface area (Å²) in [4.78, 5) is 29.1. The molecule has 9 heteroatoms. The number of aryl methyl sites for hydroxylation is 1. The van der Waals surface area contributed by atoms with Crippen LogP contribution in [0.2, 0.25) is 0 Å². The van der Waals surface area contributed by atoms with E-state index in [0.717, 1.165) is 6.42 Å². The summed E-state index contributed by atoms with van der Waals surface area (Å²) in [5.74, 6) is -3.12. The molecule has 0 bridgehead atoms. The fraction of sp³-hybridized carbons (Fsp3) is 0.391. The van der Waals surface area contributed by atoms with Gasteiger partial charge in [-0.15, -0.1) is 0 Å². The number of aliphatic imine (C=N–C) groups is 1. The Morgan fingerprint density at radius 3 is 2.59 bits per heavy atom. The van der Waals surface area contributed by atoms with Gasteiger partial charge in [0.15, 0.2) is 11.1 Å². The van der Waals surface area contributed by atoms with E-state index in [1.807, 2.05) is 0 Å².